The molecule has 0 aliphatic carbocycles. The summed E-state index contributed by atoms with van der Waals surface area (Å²) in [4.78, 5) is 0. The highest BCUT2D eigenvalue weighted by molar-refractivity contribution is 9.10. The van der Waals surface area contributed by atoms with Crippen LogP contribution < -0.4 is 5.73 Å². The first kappa shape index (κ1) is 12.4. The van der Waals surface area contributed by atoms with Crippen molar-refractivity contribution in [3.63, 3.8) is 0 Å². The summed E-state index contributed by atoms with van der Waals surface area (Å²) in [5.41, 5.74) is 8.07. The smallest absolute Gasteiger partial charge is 0.134 e. The van der Waals surface area contributed by atoms with Crippen LogP contribution in [-0.2, 0) is 6.42 Å². The van der Waals surface area contributed by atoms with Gasteiger partial charge in [0, 0.05) is 22.5 Å². The Balaban J connectivity index is 2.34. The van der Waals surface area contributed by atoms with Gasteiger partial charge in [-0.1, -0.05) is 28.1 Å². The Bertz CT molecular complexity index is 517. The van der Waals surface area contributed by atoms with Crippen LogP contribution in [0.1, 0.15) is 18.2 Å². The lowest BCUT2D eigenvalue weighted by atomic mass is 10.1. The first-order valence-electron chi connectivity index (χ1n) is 5.67. The van der Waals surface area contributed by atoms with Gasteiger partial charge < -0.3 is 10.2 Å². The van der Waals surface area contributed by atoms with Gasteiger partial charge in [-0.25, -0.2) is 0 Å². The van der Waals surface area contributed by atoms with E-state index >= 15 is 0 Å². The zero-order valence-corrected chi connectivity index (χ0v) is 11.6. The molecule has 17 heavy (non-hydrogen) atoms. The molecule has 2 N–H and O–H groups in total. The van der Waals surface area contributed by atoms with E-state index in [1.54, 1.807) is 0 Å². The van der Waals surface area contributed by atoms with E-state index in [-0.39, 0.29) is 6.04 Å². The molecule has 0 bridgehead atoms. The molecule has 0 radical (unpaired) electrons. The zero-order valence-electron chi connectivity index (χ0n) is 10.0. The molecule has 3 heteroatoms. The summed E-state index contributed by atoms with van der Waals surface area (Å²) in [6.45, 7) is 4.06. The molecule has 0 aliphatic heterocycles. The molecule has 0 spiro atoms. The number of benzene rings is 1. The average Bonchev–Trinajstić information content (AvgIpc) is 2.69. The Morgan fingerprint density at radius 2 is 2.06 bits per heavy atom. The van der Waals surface area contributed by atoms with Gasteiger partial charge >= 0.3 is 0 Å². The van der Waals surface area contributed by atoms with Crippen LogP contribution in [0.4, 0.5) is 0 Å². The van der Waals surface area contributed by atoms with Gasteiger partial charge in [-0.2, -0.15) is 0 Å². The van der Waals surface area contributed by atoms with Gasteiger partial charge in [-0.3, -0.25) is 0 Å². The second-order valence-electron chi connectivity index (χ2n) is 4.36. The Kier molecular flexibility index (Phi) is 3.69. The quantitative estimate of drug-likeness (QED) is 0.932. The average molecular weight is 294 g/mol. The largest absolute Gasteiger partial charge is 0.461 e. The Labute approximate surface area is 110 Å². The van der Waals surface area contributed by atoms with Crippen molar-refractivity contribution in [1.82, 2.24) is 0 Å². The van der Waals surface area contributed by atoms with Crippen LogP contribution in [0.15, 0.2) is 39.2 Å². The van der Waals surface area contributed by atoms with E-state index in [9.17, 15) is 0 Å². The van der Waals surface area contributed by atoms with E-state index in [1.807, 2.05) is 31.2 Å². The minimum Gasteiger partial charge on any atom is -0.461 e. The minimum absolute atomic E-state index is 0.123. The van der Waals surface area contributed by atoms with Crippen LogP contribution >= 0.6 is 15.9 Å². The third-order valence-corrected chi connectivity index (χ3v) is 3.58. The molecule has 0 amide bonds. The third kappa shape index (κ3) is 2.79. The lowest BCUT2D eigenvalue weighted by Crippen LogP contribution is -2.17. The van der Waals surface area contributed by atoms with Crippen molar-refractivity contribution in [2.24, 2.45) is 5.73 Å². The summed E-state index contributed by atoms with van der Waals surface area (Å²) in [6, 6.07) is 10.2. The standard InChI is InChI=1S/C14H16BrNO/c1-9(16)8-11-6-7-14(17-11)12-4-3-5-13(15)10(12)2/h3-7,9H,8,16H2,1-2H3. The summed E-state index contributed by atoms with van der Waals surface area (Å²) in [6.07, 6.45) is 0.771. The normalized spacial score (nSPS) is 12.7. The maximum Gasteiger partial charge on any atom is 0.134 e. The summed E-state index contributed by atoms with van der Waals surface area (Å²) in [5, 5.41) is 0. The molecule has 1 unspecified atom stereocenters. The molecular formula is C14H16BrNO. The van der Waals surface area contributed by atoms with Gasteiger partial charge in [0.2, 0.25) is 0 Å². The Morgan fingerprint density at radius 3 is 2.76 bits per heavy atom. The molecule has 1 aromatic carbocycles. The number of halogens is 1. The maximum absolute atomic E-state index is 5.82. The monoisotopic (exact) mass is 293 g/mol. The van der Waals surface area contributed by atoms with Crippen LogP contribution in [-0.4, -0.2) is 6.04 Å². The molecular weight excluding hydrogens is 278 g/mol. The Morgan fingerprint density at radius 1 is 1.29 bits per heavy atom. The van der Waals surface area contributed by atoms with E-state index < -0.39 is 0 Å². The lowest BCUT2D eigenvalue weighted by molar-refractivity contribution is 0.503. The fraction of sp³-hybridized carbons (Fsp3) is 0.286. The first-order chi connectivity index (χ1) is 8.08. The molecule has 0 saturated carbocycles. The fourth-order valence-corrected chi connectivity index (χ4v) is 2.19. The molecule has 90 valence electrons. The number of hydrogen-bond donors (Lipinski definition) is 1. The predicted molar refractivity (Wildman–Crippen MR) is 73.9 cm³/mol. The maximum atomic E-state index is 5.82. The van der Waals surface area contributed by atoms with Crippen LogP contribution in [0.3, 0.4) is 0 Å². The second kappa shape index (κ2) is 5.07. The van der Waals surface area contributed by atoms with Crippen molar-refractivity contribution in [2.75, 3.05) is 0 Å². The molecule has 0 saturated heterocycles. The van der Waals surface area contributed by atoms with Crippen molar-refractivity contribution in [3.05, 3.63) is 46.1 Å². The van der Waals surface area contributed by atoms with Gasteiger partial charge in [-0.15, -0.1) is 0 Å². The van der Waals surface area contributed by atoms with Gasteiger partial charge in [0.15, 0.2) is 0 Å². The second-order valence-corrected chi connectivity index (χ2v) is 5.21. The molecule has 1 atom stereocenters. The van der Waals surface area contributed by atoms with Crippen molar-refractivity contribution < 1.29 is 4.42 Å². The number of rotatable bonds is 3. The van der Waals surface area contributed by atoms with Crippen molar-refractivity contribution in [3.8, 4) is 11.3 Å². The van der Waals surface area contributed by atoms with Gasteiger partial charge in [0.25, 0.3) is 0 Å². The number of hydrogen-bond acceptors (Lipinski definition) is 2. The first-order valence-corrected chi connectivity index (χ1v) is 6.47. The molecule has 0 fully saturated rings. The van der Waals surface area contributed by atoms with Crippen LogP contribution in [0, 0.1) is 6.92 Å². The highest BCUT2D eigenvalue weighted by Crippen LogP contribution is 2.30. The molecule has 2 nitrogen and oxygen atoms in total. The molecule has 1 aromatic heterocycles. The van der Waals surface area contributed by atoms with E-state index in [1.165, 1.54) is 5.56 Å². The molecule has 2 aromatic rings. The summed E-state index contributed by atoms with van der Waals surface area (Å²) in [5.74, 6) is 1.84. The number of furan rings is 1. The van der Waals surface area contributed by atoms with Gasteiger partial charge in [-0.05, 0) is 37.6 Å². The minimum atomic E-state index is 0.123. The van der Waals surface area contributed by atoms with E-state index in [0.717, 1.165) is 28.0 Å². The van der Waals surface area contributed by atoms with Crippen LogP contribution in [0.5, 0.6) is 0 Å². The predicted octanol–water partition coefficient (Wildman–Crippen LogP) is 3.91. The highest BCUT2D eigenvalue weighted by atomic mass is 79.9. The molecule has 2 rings (SSSR count). The SMILES string of the molecule is Cc1c(Br)cccc1-c1ccc(CC(C)N)o1. The summed E-state index contributed by atoms with van der Waals surface area (Å²) in [7, 11) is 0. The highest BCUT2D eigenvalue weighted by Gasteiger charge is 2.09. The van der Waals surface area contributed by atoms with Crippen molar-refractivity contribution in [2.45, 2.75) is 26.3 Å². The van der Waals surface area contributed by atoms with E-state index in [2.05, 4.69) is 28.9 Å². The lowest BCUT2D eigenvalue weighted by Gasteiger charge is -2.05. The summed E-state index contributed by atoms with van der Waals surface area (Å²) < 4.78 is 6.91. The molecule has 1 heterocycles. The van der Waals surface area contributed by atoms with Gasteiger partial charge in [0.1, 0.15) is 11.5 Å². The topological polar surface area (TPSA) is 39.2 Å². The van der Waals surface area contributed by atoms with E-state index in [0.29, 0.717) is 0 Å². The van der Waals surface area contributed by atoms with Crippen LogP contribution in [0.25, 0.3) is 11.3 Å². The fourth-order valence-electron chi connectivity index (χ4n) is 1.82. The Hall–Kier alpha value is -1.06. The van der Waals surface area contributed by atoms with Crippen molar-refractivity contribution >= 4 is 15.9 Å². The van der Waals surface area contributed by atoms with E-state index in [4.69, 9.17) is 10.2 Å². The van der Waals surface area contributed by atoms with Gasteiger partial charge in [0.05, 0.1) is 0 Å². The third-order valence-electron chi connectivity index (χ3n) is 2.72. The zero-order chi connectivity index (χ0) is 12.4. The summed E-state index contributed by atoms with van der Waals surface area (Å²) >= 11 is 3.53. The van der Waals surface area contributed by atoms with Crippen LogP contribution in [0.2, 0.25) is 0 Å². The molecule has 0 aliphatic rings. The number of nitrogens with two attached hydrogens (primary N) is 1. The van der Waals surface area contributed by atoms with Crippen molar-refractivity contribution in [1.29, 1.82) is 0 Å².